The third-order valence-corrected chi connectivity index (χ3v) is 6.05. The lowest BCUT2D eigenvalue weighted by Gasteiger charge is -2.14. The highest BCUT2D eigenvalue weighted by Gasteiger charge is 2.21. The van der Waals surface area contributed by atoms with Crippen LogP contribution in [0.2, 0.25) is 5.02 Å². The van der Waals surface area contributed by atoms with Crippen LogP contribution in [0, 0.1) is 27.7 Å². The van der Waals surface area contributed by atoms with E-state index in [1.165, 1.54) is 21.7 Å². The van der Waals surface area contributed by atoms with E-state index >= 15 is 0 Å². The Bertz CT molecular complexity index is 1110. The lowest BCUT2D eigenvalue weighted by atomic mass is 10.1. The maximum Gasteiger partial charge on any atom is 0.196 e. The molecule has 1 aromatic carbocycles. The molecule has 6 heteroatoms. The molecule has 0 atom stereocenters. The summed E-state index contributed by atoms with van der Waals surface area (Å²) in [6.07, 6.45) is 3.40. The van der Waals surface area contributed by atoms with Crippen LogP contribution in [0.1, 0.15) is 21.7 Å². The van der Waals surface area contributed by atoms with Gasteiger partial charge in [-0.05, 0) is 44.9 Å². The number of nitrogens with one attached hydrogen (secondary N) is 1. The van der Waals surface area contributed by atoms with Gasteiger partial charge in [-0.25, -0.2) is 4.98 Å². The summed E-state index contributed by atoms with van der Waals surface area (Å²) in [6, 6.07) is 8.20. The number of rotatable bonds is 3. The molecule has 0 radical (unpaired) electrons. The van der Waals surface area contributed by atoms with Gasteiger partial charge in [-0.1, -0.05) is 29.8 Å². The predicted molar refractivity (Wildman–Crippen MR) is 110 cm³/mol. The predicted octanol–water partition coefficient (Wildman–Crippen LogP) is 6.09. The van der Waals surface area contributed by atoms with Crippen molar-refractivity contribution < 1.29 is 0 Å². The summed E-state index contributed by atoms with van der Waals surface area (Å²) >= 11 is 8.11. The van der Waals surface area contributed by atoms with Gasteiger partial charge in [0.1, 0.15) is 11.5 Å². The molecule has 0 unspecified atom stereocenters. The number of benzene rings is 1. The highest BCUT2D eigenvalue weighted by Crippen LogP contribution is 2.39. The van der Waals surface area contributed by atoms with Gasteiger partial charge in [-0.15, -0.1) is 11.3 Å². The Balaban J connectivity index is 1.99. The molecule has 3 heterocycles. The monoisotopic (exact) mass is 382 g/mol. The molecule has 4 aromatic rings. The Morgan fingerprint density at radius 1 is 1.08 bits per heavy atom. The van der Waals surface area contributed by atoms with Gasteiger partial charge in [0, 0.05) is 34.2 Å². The number of aromatic nitrogens is 3. The third-order valence-electron chi connectivity index (χ3n) is 4.69. The first kappa shape index (κ1) is 17.1. The fraction of sp³-hybridized carbons (Fsp3) is 0.200. The molecule has 0 saturated heterocycles. The Morgan fingerprint density at radius 2 is 1.81 bits per heavy atom. The van der Waals surface area contributed by atoms with Crippen molar-refractivity contribution in [2.24, 2.45) is 0 Å². The summed E-state index contributed by atoms with van der Waals surface area (Å²) in [7, 11) is 0. The number of thiazole rings is 1. The van der Waals surface area contributed by atoms with E-state index in [1.54, 1.807) is 23.7 Å². The first-order chi connectivity index (χ1) is 12.5. The molecule has 0 spiro atoms. The van der Waals surface area contributed by atoms with Gasteiger partial charge < -0.3 is 5.32 Å². The van der Waals surface area contributed by atoms with Crippen molar-refractivity contribution in [2.45, 2.75) is 27.7 Å². The SMILES string of the molecule is Cc1cccc(C)c1Nc1c(-c2ccncc2Cl)nc2sc(C)c(C)n12. The van der Waals surface area contributed by atoms with Crippen LogP contribution in [-0.2, 0) is 0 Å². The molecule has 4 rings (SSSR count). The molecule has 3 aromatic heterocycles. The van der Waals surface area contributed by atoms with Gasteiger partial charge in [-0.3, -0.25) is 9.38 Å². The Hall–Kier alpha value is -2.37. The quantitative estimate of drug-likeness (QED) is 0.466. The first-order valence-corrected chi connectivity index (χ1v) is 9.58. The average Bonchev–Trinajstić information content (AvgIpc) is 3.08. The van der Waals surface area contributed by atoms with E-state index in [1.807, 2.05) is 6.07 Å². The topological polar surface area (TPSA) is 42.2 Å². The molecule has 0 amide bonds. The van der Waals surface area contributed by atoms with Crippen LogP contribution in [0.25, 0.3) is 16.2 Å². The maximum absolute atomic E-state index is 6.43. The minimum Gasteiger partial charge on any atom is -0.339 e. The van der Waals surface area contributed by atoms with Crippen LogP contribution in [0.15, 0.2) is 36.7 Å². The van der Waals surface area contributed by atoms with Crippen LogP contribution < -0.4 is 5.32 Å². The third kappa shape index (κ3) is 2.68. The van der Waals surface area contributed by atoms with Crippen molar-refractivity contribution >= 4 is 39.4 Å². The number of pyridine rings is 1. The van der Waals surface area contributed by atoms with Crippen molar-refractivity contribution in [2.75, 3.05) is 5.32 Å². The zero-order valence-corrected chi connectivity index (χ0v) is 16.7. The standard InChI is InChI=1S/C20H19ClN4S/c1-11-6-5-7-12(2)17(11)23-19-18(15-8-9-22-10-16(15)21)24-20-25(19)13(3)14(4)26-20/h5-10,23H,1-4H3. The summed E-state index contributed by atoms with van der Waals surface area (Å²) < 4.78 is 2.18. The van der Waals surface area contributed by atoms with E-state index < -0.39 is 0 Å². The molecule has 1 N–H and O–H groups in total. The molecule has 0 bridgehead atoms. The number of halogens is 1. The van der Waals surface area contributed by atoms with E-state index in [9.17, 15) is 0 Å². The highest BCUT2D eigenvalue weighted by atomic mass is 35.5. The smallest absolute Gasteiger partial charge is 0.196 e. The van der Waals surface area contributed by atoms with E-state index in [-0.39, 0.29) is 0 Å². The van der Waals surface area contributed by atoms with Crippen molar-refractivity contribution in [3.8, 4) is 11.3 Å². The fourth-order valence-corrected chi connectivity index (χ4v) is 4.33. The summed E-state index contributed by atoms with van der Waals surface area (Å²) in [5, 5.41) is 4.23. The number of imidazole rings is 1. The molecular weight excluding hydrogens is 364 g/mol. The second-order valence-corrected chi connectivity index (χ2v) is 8.01. The van der Waals surface area contributed by atoms with Gasteiger partial charge in [0.2, 0.25) is 0 Å². The van der Waals surface area contributed by atoms with E-state index in [0.717, 1.165) is 27.7 Å². The Labute approximate surface area is 161 Å². The van der Waals surface area contributed by atoms with Crippen LogP contribution >= 0.6 is 22.9 Å². The van der Waals surface area contributed by atoms with Crippen molar-refractivity contribution in [1.82, 2.24) is 14.4 Å². The zero-order valence-electron chi connectivity index (χ0n) is 15.1. The van der Waals surface area contributed by atoms with E-state index in [2.05, 4.69) is 60.6 Å². The van der Waals surface area contributed by atoms with Crippen LogP contribution in [-0.4, -0.2) is 14.4 Å². The lowest BCUT2D eigenvalue weighted by molar-refractivity contribution is 1.11. The molecular formula is C20H19ClN4S. The minimum absolute atomic E-state index is 0.595. The van der Waals surface area contributed by atoms with E-state index in [4.69, 9.17) is 16.6 Å². The van der Waals surface area contributed by atoms with Gasteiger partial charge >= 0.3 is 0 Å². The number of hydrogen-bond acceptors (Lipinski definition) is 4. The molecule has 0 aliphatic rings. The minimum atomic E-state index is 0.595. The normalized spacial score (nSPS) is 11.3. The molecule has 26 heavy (non-hydrogen) atoms. The number of hydrogen-bond donors (Lipinski definition) is 1. The maximum atomic E-state index is 6.43. The van der Waals surface area contributed by atoms with Crippen molar-refractivity contribution in [3.05, 3.63) is 63.4 Å². The summed E-state index contributed by atoms with van der Waals surface area (Å²) in [5.74, 6) is 0.937. The number of fused-ring (bicyclic) bond motifs is 1. The first-order valence-electron chi connectivity index (χ1n) is 8.39. The average molecular weight is 383 g/mol. The largest absolute Gasteiger partial charge is 0.339 e. The van der Waals surface area contributed by atoms with Crippen LogP contribution in [0.5, 0.6) is 0 Å². The molecule has 0 fully saturated rings. The molecule has 0 saturated carbocycles. The van der Waals surface area contributed by atoms with Gasteiger partial charge in [-0.2, -0.15) is 0 Å². The van der Waals surface area contributed by atoms with Gasteiger partial charge in [0.15, 0.2) is 4.96 Å². The zero-order chi connectivity index (χ0) is 18.4. The van der Waals surface area contributed by atoms with Crippen LogP contribution in [0.4, 0.5) is 11.5 Å². The molecule has 4 nitrogen and oxygen atoms in total. The summed E-state index contributed by atoms with van der Waals surface area (Å²) in [4.78, 5) is 11.2. The van der Waals surface area contributed by atoms with Gasteiger partial charge in [0.05, 0.1) is 5.02 Å². The summed E-state index contributed by atoms with van der Waals surface area (Å²) in [6.45, 7) is 8.46. The van der Waals surface area contributed by atoms with E-state index in [0.29, 0.717) is 5.02 Å². The molecule has 0 aliphatic carbocycles. The Kier molecular flexibility index (Phi) is 4.21. The molecule has 0 aliphatic heterocycles. The fourth-order valence-electron chi connectivity index (χ4n) is 3.15. The van der Waals surface area contributed by atoms with Gasteiger partial charge in [0.25, 0.3) is 0 Å². The second kappa shape index (κ2) is 6.41. The molecule has 132 valence electrons. The second-order valence-electron chi connectivity index (χ2n) is 6.42. The lowest BCUT2D eigenvalue weighted by Crippen LogP contribution is -2.01. The number of para-hydroxylation sites is 1. The number of anilines is 2. The highest BCUT2D eigenvalue weighted by molar-refractivity contribution is 7.17. The van der Waals surface area contributed by atoms with Crippen LogP contribution in [0.3, 0.4) is 0 Å². The number of nitrogens with zero attached hydrogens (tertiary/aromatic N) is 3. The Morgan fingerprint density at radius 3 is 2.50 bits per heavy atom. The summed E-state index contributed by atoms with van der Waals surface area (Å²) in [5.41, 5.74) is 6.39. The van der Waals surface area contributed by atoms with Crippen molar-refractivity contribution in [1.29, 1.82) is 0 Å². The van der Waals surface area contributed by atoms with Crippen molar-refractivity contribution in [3.63, 3.8) is 0 Å². The number of aryl methyl sites for hydroxylation is 4.